The number of aryl methyl sites for hydroxylation is 3. The van der Waals surface area contributed by atoms with E-state index in [-0.39, 0.29) is 16.5 Å². The first-order valence-electron chi connectivity index (χ1n) is 11.4. The summed E-state index contributed by atoms with van der Waals surface area (Å²) in [5.74, 6) is -1.29. The molecule has 0 spiro atoms. The van der Waals surface area contributed by atoms with Crippen molar-refractivity contribution in [3.8, 4) is 5.69 Å². The van der Waals surface area contributed by atoms with E-state index in [4.69, 9.17) is 9.57 Å². The molecule has 0 bridgehead atoms. The largest absolute Gasteiger partial charge is 0.465 e. The maximum atomic E-state index is 12.8. The summed E-state index contributed by atoms with van der Waals surface area (Å²) in [5.41, 5.74) is 7.78. The van der Waals surface area contributed by atoms with Crippen molar-refractivity contribution in [2.45, 2.75) is 47.5 Å². The topological polar surface area (TPSA) is 69.9 Å². The summed E-state index contributed by atoms with van der Waals surface area (Å²) in [5, 5.41) is 4.30. The van der Waals surface area contributed by atoms with E-state index in [0.29, 0.717) is 6.42 Å². The van der Waals surface area contributed by atoms with Gasteiger partial charge in [-0.25, -0.2) is 9.59 Å². The minimum atomic E-state index is -0.691. The molecule has 1 heterocycles. The summed E-state index contributed by atoms with van der Waals surface area (Å²) in [6.07, 6.45) is 1.55. The van der Waals surface area contributed by atoms with E-state index in [2.05, 4.69) is 68.6 Å². The van der Waals surface area contributed by atoms with E-state index in [0.717, 1.165) is 34.8 Å². The Bertz CT molecular complexity index is 1310. The van der Waals surface area contributed by atoms with Crippen molar-refractivity contribution in [3.63, 3.8) is 0 Å². The summed E-state index contributed by atoms with van der Waals surface area (Å²) in [6.45, 7) is 10.7. The number of carbonyl (C=O) groups is 2. The highest BCUT2D eigenvalue weighted by atomic mass is 16.7. The van der Waals surface area contributed by atoms with Crippen LogP contribution in [0.4, 0.5) is 0 Å². The quantitative estimate of drug-likeness (QED) is 0.285. The van der Waals surface area contributed by atoms with E-state index in [1.165, 1.54) is 30.4 Å². The van der Waals surface area contributed by atoms with Crippen molar-refractivity contribution >= 4 is 17.7 Å². The molecule has 0 N–H and O–H groups in total. The molecule has 0 saturated carbocycles. The molecular formula is C28H30N2O4. The second kappa shape index (κ2) is 8.93. The number of carbonyl (C=O) groups excluding carboxylic acids is 2. The van der Waals surface area contributed by atoms with E-state index in [1.54, 1.807) is 12.1 Å². The van der Waals surface area contributed by atoms with E-state index in [1.807, 2.05) is 0 Å². The molecule has 6 heteroatoms. The third-order valence-electron chi connectivity index (χ3n) is 6.43. The molecule has 1 aromatic heterocycles. The molecule has 176 valence electrons. The molecule has 4 rings (SSSR count). The van der Waals surface area contributed by atoms with Gasteiger partial charge in [-0.05, 0) is 80.5 Å². The zero-order valence-corrected chi connectivity index (χ0v) is 20.6. The summed E-state index contributed by atoms with van der Waals surface area (Å²) >= 11 is 0. The van der Waals surface area contributed by atoms with Gasteiger partial charge in [0.05, 0.1) is 23.9 Å². The Kier molecular flexibility index (Phi) is 6.17. The molecule has 3 aromatic rings. The maximum Gasteiger partial charge on any atom is 0.366 e. The Hall–Kier alpha value is -3.67. The van der Waals surface area contributed by atoms with Crippen LogP contribution in [0.2, 0.25) is 0 Å². The third kappa shape index (κ3) is 4.40. The predicted octanol–water partition coefficient (Wildman–Crippen LogP) is 5.72. The van der Waals surface area contributed by atoms with Crippen molar-refractivity contribution in [3.05, 3.63) is 87.7 Å². The molecule has 0 unspecified atom stereocenters. The monoisotopic (exact) mass is 458 g/mol. The predicted molar refractivity (Wildman–Crippen MR) is 132 cm³/mol. The van der Waals surface area contributed by atoms with Gasteiger partial charge in [0.15, 0.2) is 0 Å². The number of methoxy groups -OCH3 is 1. The van der Waals surface area contributed by atoms with Crippen LogP contribution in [0.25, 0.3) is 5.69 Å². The van der Waals surface area contributed by atoms with Crippen LogP contribution in [-0.4, -0.2) is 29.3 Å². The number of rotatable bonds is 4. The molecule has 6 nitrogen and oxygen atoms in total. The van der Waals surface area contributed by atoms with Gasteiger partial charge in [0.2, 0.25) is 0 Å². The highest BCUT2D eigenvalue weighted by Crippen LogP contribution is 2.38. The lowest BCUT2D eigenvalue weighted by molar-refractivity contribution is 0.0494. The van der Waals surface area contributed by atoms with Gasteiger partial charge in [-0.2, -0.15) is 0 Å². The molecule has 1 aliphatic rings. The molecule has 2 aromatic carbocycles. The van der Waals surface area contributed by atoms with Crippen molar-refractivity contribution in [2.24, 2.45) is 10.6 Å². The number of benzene rings is 2. The van der Waals surface area contributed by atoms with Gasteiger partial charge in [-0.15, -0.1) is 0 Å². The van der Waals surface area contributed by atoms with E-state index >= 15 is 0 Å². The first kappa shape index (κ1) is 23.5. The van der Waals surface area contributed by atoms with Crippen molar-refractivity contribution < 1.29 is 19.2 Å². The lowest BCUT2D eigenvalue weighted by Crippen LogP contribution is -2.28. The number of hydrogen-bond donors (Lipinski definition) is 0. The Morgan fingerprint density at radius 1 is 0.912 bits per heavy atom. The molecule has 1 aliphatic carbocycles. The van der Waals surface area contributed by atoms with Crippen molar-refractivity contribution in [1.82, 2.24) is 4.57 Å². The van der Waals surface area contributed by atoms with Gasteiger partial charge in [0, 0.05) is 22.6 Å². The number of esters is 1. The summed E-state index contributed by atoms with van der Waals surface area (Å²) < 4.78 is 7.05. The summed E-state index contributed by atoms with van der Waals surface area (Å²) in [4.78, 5) is 30.2. The Labute approximate surface area is 200 Å². The fourth-order valence-corrected chi connectivity index (χ4v) is 4.58. The van der Waals surface area contributed by atoms with E-state index in [9.17, 15) is 9.59 Å². The third-order valence-corrected chi connectivity index (χ3v) is 6.43. The van der Waals surface area contributed by atoms with Crippen LogP contribution in [-0.2, 0) is 16.0 Å². The Morgan fingerprint density at radius 3 is 2.24 bits per heavy atom. The van der Waals surface area contributed by atoms with Crippen LogP contribution in [0.15, 0.2) is 53.7 Å². The summed E-state index contributed by atoms with van der Waals surface area (Å²) in [6, 6.07) is 15.0. The molecule has 0 saturated heterocycles. The fraction of sp³-hybridized carbons (Fsp3) is 0.321. The minimum Gasteiger partial charge on any atom is -0.465 e. The van der Waals surface area contributed by atoms with Crippen LogP contribution in [0.1, 0.15) is 69.1 Å². The number of oxime groups is 1. The van der Waals surface area contributed by atoms with Crippen LogP contribution < -0.4 is 0 Å². The van der Waals surface area contributed by atoms with E-state index < -0.39 is 11.9 Å². The van der Waals surface area contributed by atoms with Crippen molar-refractivity contribution in [1.29, 1.82) is 0 Å². The molecule has 34 heavy (non-hydrogen) atoms. The lowest BCUT2D eigenvalue weighted by Gasteiger charge is -2.31. The molecule has 0 radical (unpaired) electrons. The van der Waals surface area contributed by atoms with Crippen LogP contribution >= 0.6 is 0 Å². The number of fused-ring (bicyclic) bond motifs is 1. The summed E-state index contributed by atoms with van der Waals surface area (Å²) in [7, 11) is 1.28. The molecule has 0 amide bonds. The van der Waals surface area contributed by atoms with Crippen LogP contribution in [0, 0.1) is 26.2 Å². The minimum absolute atomic E-state index is 0.0650. The number of nitrogens with zero attached hydrogens (tertiary/aromatic N) is 2. The SMILES string of the molecule is COC(=O)c1ccccc1C(=O)O/N=C1\CC(C)(C)Cc2c1cc(C)n2-c1ccc(C)c(C)c1. The first-order chi connectivity index (χ1) is 16.1. The van der Waals surface area contributed by atoms with Crippen LogP contribution in [0.5, 0.6) is 0 Å². The highest BCUT2D eigenvalue weighted by molar-refractivity contribution is 6.05. The zero-order valence-electron chi connectivity index (χ0n) is 20.6. The Morgan fingerprint density at radius 2 is 1.59 bits per heavy atom. The average molecular weight is 459 g/mol. The van der Waals surface area contributed by atoms with Gasteiger partial charge in [-0.3, -0.25) is 0 Å². The van der Waals surface area contributed by atoms with Gasteiger partial charge >= 0.3 is 11.9 Å². The first-order valence-corrected chi connectivity index (χ1v) is 11.4. The Balaban J connectivity index is 1.72. The van der Waals surface area contributed by atoms with Gasteiger partial charge in [0.1, 0.15) is 0 Å². The number of ether oxygens (including phenoxy) is 1. The average Bonchev–Trinajstić information content (AvgIpc) is 3.13. The number of hydrogen-bond acceptors (Lipinski definition) is 5. The van der Waals surface area contributed by atoms with Gasteiger partial charge < -0.3 is 14.1 Å². The highest BCUT2D eigenvalue weighted by Gasteiger charge is 2.34. The van der Waals surface area contributed by atoms with Gasteiger partial charge in [-0.1, -0.05) is 37.2 Å². The maximum absolute atomic E-state index is 12.8. The molecular weight excluding hydrogens is 428 g/mol. The van der Waals surface area contributed by atoms with Crippen molar-refractivity contribution in [2.75, 3.05) is 7.11 Å². The molecule has 0 fully saturated rings. The molecule has 0 atom stereocenters. The van der Waals surface area contributed by atoms with Gasteiger partial charge in [0.25, 0.3) is 0 Å². The second-order valence-electron chi connectivity index (χ2n) is 9.72. The number of aromatic nitrogens is 1. The smallest absolute Gasteiger partial charge is 0.366 e. The zero-order chi connectivity index (χ0) is 24.6. The standard InChI is InChI=1S/C28H30N2O4/c1-17-11-12-20(13-18(17)2)30-19(3)14-23-24(15-28(4,5)16-25(23)30)29-34-27(32)22-10-8-7-9-21(22)26(31)33-6/h7-14H,15-16H2,1-6H3/b29-24+. The normalized spacial score (nSPS) is 15.6. The lowest BCUT2D eigenvalue weighted by atomic mass is 9.76. The second-order valence-corrected chi connectivity index (χ2v) is 9.72. The molecule has 0 aliphatic heterocycles. The van der Waals surface area contributed by atoms with Crippen LogP contribution in [0.3, 0.4) is 0 Å². The fourth-order valence-electron chi connectivity index (χ4n) is 4.58.